The monoisotopic (exact) mass is 243 g/mol. The molecule has 0 aromatic heterocycles. The van der Waals surface area contributed by atoms with Crippen molar-refractivity contribution in [3.8, 4) is 0 Å². The Bertz CT molecular complexity index is 119. The third kappa shape index (κ3) is 6.88. The summed E-state index contributed by atoms with van der Waals surface area (Å²) in [5.74, 6) is 0.674. The van der Waals surface area contributed by atoms with E-state index in [1.165, 1.54) is 0 Å². The number of hydrogen-bond acceptors (Lipinski definition) is 2. The molecule has 0 fully saturated rings. The van der Waals surface area contributed by atoms with Gasteiger partial charge in [0.1, 0.15) is 0 Å². The molecule has 0 spiro atoms. The highest BCUT2D eigenvalue weighted by molar-refractivity contribution is 6.17. The highest BCUT2D eigenvalue weighted by atomic mass is 35.5. The smallest absolute Gasteiger partial charge is 0.0527 e. The van der Waals surface area contributed by atoms with Crippen molar-refractivity contribution in [1.82, 2.24) is 4.90 Å². The van der Waals surface area contributed by atoms with E-state index >= 15 is 0 Å². The van der Waals surface area contributed by atoms with Gasteiger partial charge < -0.3 is 10.0 Å². The van der Waals surface area contributed by atoms with Gasteiger partial charge in [-0.3, -0.25) is 0 Å². The number of rotatable bonds is 7. The molecule has 0 bridgehead atoms. The molecule has 0 amide bonds. The van der Waals surface area contributed by atoms with Crippen molar-refractivity contribution in [2.75, 3.05) is 19.0 Å². The molecule has 0 aliphatic rings. The number of hydrogen-bond donors (Lipinski definition) is 1. The Morgan fingerprint density at radius 3 is 2.07 bits per heavy atom. The molecule has 0 saturated heterocycles. The summed E-state index contributed by atoms with van der Waals surface area (Å²) < 4.78 is 0. The van der Waals surface area contributed by atoms with E-state index in [4.69, 9.17) is 11.6 Å². The summed E-state index contributed by atoms with van der Waals surface area (Å²) in [6, 6.07) is 0.437. The number of alkyl halides is 1. The summed E-state index contributed by atoms with van der Waals surface area (Å²) in [7, 11) is 0. The van der Waals surface area contributed by atoms with Crippen molar-refractivity contribution in [1.29, 1.82) is 0 Å². The third-order valence-electron chi connectivity index (χ3n) is 2.38. The first-order chi connectivity index (χ1) is 6.15. The molecule has 2 nitrogen and oxygen atoms in total. The van der Waals surface area contributed by atoms with E-state index < -0.39 is 0 Å². The lowest BCUT2D eigenvalue weighted by Gasteiger charge is -2.30. The molecular weight excluding hydrogens is 221 g/mol. The molecule has 0 rings (SSSR count). The van der Waals surface area contributed by atoms with E-state index in [0.29, 0.717) is 11.9 Å². The maximum atomic E-state index is 9.32. The van der Waals surface area contributed by atoms with Crippen LogP contribution in [-0.2, 0) is 0 Å². The van der Waals surface area contributed by atoms with Crippen LogP contribution in [0.15, 0.2) is 0 Å². The van der Waals surface area contributed by atoms with Crippen molar-refractivity contribution in [2.24, 2.45) is 0 Å². The Labute approximate surface area is 99.0 Å². The van der Waals surface area contributed by atoms with Gasteiger partial charge in [0.15, 0.2) is 0 Å². The second-order valence-electron chi connectivity index (χ2n) is 3.44. The SMILES string of the molecule is CCN(CC)C(CCCl)CC(C)O.Cl. The van der Waals surface area contributed by atoms with E-state index in [0.717, 1.165) is 25.9 Å². The lowest BCUT2D eigenvalue weighted by molar-refractivity contribution is 0.116. The van der Waals surface area contributed by atoms with E-state index in [1.54, 1.807) is 0 Å². The maximum absolute atomic E-state index is 9.32. The number of nitrogens with zero attached hydrogens (tertiary/aromatic N) is 1. The molecule has 88 valence electrons. The van der Waals surface area contributed by atoms with Crippen molar-refractivity contribution in [3.63, 3.8) is 0 Å². The minimum atomic E-state index is -0.228. The number of halogens is 2. The first kappa shape index (κ1) is 16.9. The summed E-state index contributed by atoms with van der Waals surface area (Å²) in [4.78, 5) is 2.36. The van der Waals surface area contributed by atoms with Crippen LogP contribution in [0.3, 0.4) is 0 Å². The Morgan fingerprint density at radius 1 is 1.29 bits per heavy atom. The van der Waals surface area contributed by atoms with Crippen molar-refractivity contribution < 1.29 is 5.11 Å². The van der Waals surface area contributed by atoms with E-state index in [2.05, 4.69) is 18.7 Å². The van der Waals surface area contributed by atoms with Gasteiger partial charge in [-0.2, -0.15) is 0 Å². The molecule has 0 heterocycles. The summed E-state index contributed by atoms with van der Waals surface area (Å²) in [5, 5.41) is 9.32. The first-order valence-corrected chi connectivity index (χ1v) is 5.67. The van der Waals surface area contributed by atoms with Crippen LogP contribution in [0.1, 0.15) is 33.6 Å². The van der Waals surface area contributed by atoms with Crippen LogP contribution in [-0.4, -0.2) is 41.1 Å². The van der Waals surface area contributed by atoms with Crippen LogP contribution < -0.4 is 0 Å². The van der Waals surface area contributed by atoms with Gasteiger partial charge in [0.2, 0.25) is 0 Å². The summed E-state index contributed by atoms with van der Waals surface area (Å²) in [6.07, 6.45) is 1.57. The van der Waals surface area contributed by atoms with Crippen LogP contribution in [0.5, 0.6) is 0 Å². The molecule has 2 atom stereocenters. The van der Waals surface area contributed by atoms with Crippen LogP contribution in [0.25, 0.3) is 0 Å². The van der Waals surface area contributed by atoms with Crippen molar-refractivity contribution in [3.05, 3.63) is 0 Å². The minimum absolute atomic E-state index is 0. The zero-order valence-electron chi connectivity index (χ0n) is 9.37. The lowest BCUT2D eigenvalue weighted by Crippen LogP contribution is -2.37. The second kappa shape index (κ2) is 10.0. The molecule has 0 aliphatic carbocycles. The fourth-order valence-corrected chi connectivity index (χ4v) is 1.96. The van der Waals surface area contributed by atoms with Gasteiger partial charge in [-0.05, 0) is 32.9 Å². The van der Waals surface area contributed by atoms with Gasteiger partial charge in [-0.1, -0.05) is 13.8 Å². The molecule has 0 aliphatic heterocycles. The number of aliphatic hydroxyl groups is 1. The standard InChI is InChI=1S/C10H22ClNO.ClH/c1-4-12(5-2)10(6-7-11)8-9(3)13;/h9-10,13H,4-8H2,1-3H3;1H. The normalized spacial score (nSPS) is 15.0. The predicted octanol–water partition coefficient (Wildman–Crippen LogP) is 2.52. The van der Waals surface area contributed by atoms with Crippen molar-refractivity contribution >= 4 is 24.0 Å². The predicted molar refractivity (Wildman–Crippen MR) is 65.6 cm³/mol. The molecule has 2 unspecified atom stereocenters. The highest BCUT2D eigenvalue weighted by Crippen LogP contribution is 2.11. The quantitative estimate of drug-likeness (QED) is 0.695. The summed E-state index contributed by atoms with van der Waals surface area (Å²) in [6.45, 7) is 8.19. The largest absolute Gasteiger partial charge is 0.393 e. The summed E-state index contributed by atoms with van der Waals surface area (Å²) in [5.41, 5.74) is 0. The molecular formula is C10H23Cl2NO. The van der Waals surface area contributed by atoms with Gasteiger partial charge >= 0.3 is 0 Å². The van der Waals surface area contributed by atoms with Crippen LogP contribution >= 0.6 is 24.0 Å². The van der Waals surface area contributed by atoms with Crippen LogP contribution in [0.2, 0.25) is 0 Å². The van der Waals surface area contributed by atoms with Gasteiger partial charge in [-0.15, -0.1) is 24.0 Å². The minimum Gasteiger partial charge on any atom is -0.393 e. The van der Waals surface area contributed by atoms with Gasteiger partial charge in [0, 0.05) is 11.9 Å². The summed E-state index contributed by atoms with van der Waals surface area (Å²) >= 11 is 5.73. The van der Waals surface area contributed by atoms with E-state index in [9.17, 15) is 5.11 Å². The Morgan fingerprint density at radius 2 is 1.79 bits per heavy atom. The second-order valence-corrected chi connectivity index (χ2v) is 3.82. The van der Waals surface area contributed by atoms with Crippen LogP contribution in [0.4, 0.5) is 0 Å². The maximum Gasteiger partial charge on any atom is 0.0527 e. The zero-order chi connectivity index (χ0) is 10.3. The molecule has 14 heavy (non-hydrogen) atoms. The zero-order valence-corrected chi connectivity index (χ0v) is 10.9. The number of aliphatic hydroxyl groups excluding tert-OH is 1. The average Bonchev–Trinajstić information content (AvgIpc) is 2.05. The topological polar surface area (TPSA) is 23.5 Å². The van der Waals surface area contributed by atoms with Gasteiger partial charge in [0.05, 0.1) is 6.10 Å². The first-order valence-electron chi connectivity index (χ1n) is 5.13. The van der Waals surface area contributed by atoms with Gasteiger partial charge in [-0.25, -0.2) is 0 Å². The van der Waals surface area contributed by atoms with E-state index in [1.807, 2.05) is 6.92 Å². The Kier molecular flexibility index (Phi) is 12.1. The van der Waals surface area contributed by atoms with Gasteiger partial charge in [0.25, 0.3) is 0 Å². The third-order valence-corrected chi connectivity index (χ3v) is 2.60. The molecule has 0 radical (unpaired) electrons. The molecule has 4 heteroatoms. The Hall–Kier alpha value is 0.500. The lowest BCUT2D eigenvalue weighted by atomic mass is 10.1. The molecule has 0 saturated carbocycles. The Balaban J connectivity index is 0. The van der Waals surface area contributed by atoms with Crippen molar-refractivity contribution in [2.45, 2.75) is 45.8 Å². The molecule has 0 aromatic rings. The van der Waals surface area contributed by atoms with E-state index in [-0.39, 0.29) is 18.5 Å². The molecule has 1 N–H and O–H groups in total. The average molecular weight is 244 g/mol. The fraction of sp³-hybridized carbons (Fsp3) is 1.00. The van der Waals surface area contributed by atoms with Crippen LogP contribution in [0, 0.1) is 0 Å². The fourth-order valence-electron chi connectivity index (χ4n) is 1.71. The molecule has 0 aromatic carbocycles. The highest BCUT2D eigenvalue weighted by Gasteiger charge is 2.16.